The fraction of sp³-hybridized carbons (Fsp3) is 0.455. The number of thioether (sulfide) groups is 1. The quantitative estimate of drug-likeness (QED) is 0.633. The summed E-state index contributed by atoms with van der Waals surface area (Å²) >= 11 is 4.96. The monoisotopic (exact) mass is 303 g/mol. The second kappa shape index (κ2) is 6.25. The number of pyridine rings is 1. The number of halogens is 1. The number of hydrogen-bond acceptors (Lipinski definition) is 4. The van der Waals surface area contributed by atoms with E-state index in [1.165, 1.54) is 7.11 Å². The summed E-state index contributed by atoms with van der Waals surface area (Å²) in [7, 11) is 1.41. The molecule has 0 fully saturated rings. The summed E-state index contributed by atoms with van der Waals surface area (Å²) in [6.45, 7) is 3.79. The van der Waals surface area contributed by atoms with E-state index in [0.717, 1.165) is 15.2 Å². The zero-order valence-electron chi connectivity index (χ0n) is 9.49. The highest BCUT2D eigenvalue weighted by Crippen LogP contribution is 2.22. The minimum Gasteiger partial charge on any atom is -0.469 e. The Kier molecular flexibility index (Phi) is 5.28. The third kappa shape index (κ3) is 3.79. The van der Waals surface area contributed by atoms with Crippen molar-refractivity contribution in [1.29, 1.82) is 0 Å². The lowest BCUT2D eigenvalue weighted by molar-refractivity contribution is -0.143. The maximum absolute atomic E-state index is 11.2. The van der Waals surface area contributed by atoms with Gasteiger partial charge >= 0.3 is 5.97 Å². The Bertz CT molecular complexity index is 384. The second-order valence-corrected chi connectivity index (χ2v) is 5.35. The maximum Gasteiger partial charge on any atom is 0.309 e. The first kappa shape index (κ1) is 13.5. The summed E-state index contributed by atoms with van der Waals surface area (Å²) in [5.74, 6) is 0.392. The van der Waals surface area contributed by atoms with E-state index in [4.69, 9.17) is 0 Å². The number of nitrogens with zero attached hydrogens (tertiary/aromatic N) is 1. The van der Waals surface area contributed by atoms with Gasteiger partial charge in [-0.1, -0.05) is 6.92 Å². The molecular weight excluding hydrogens is 290 g/mol. The van der Waals surface area contributed by atoms with Crippen molar-refractivity contribution in [2.24, 2.45) is 5.92 Å². The molecule has 0 N–H and O–H groups in total. The molecule has 0 saturated carbocycles. The smallest absolute Gasteiger partial charge is 0.309 e. The zero-order valence-corrected chi connectivity index (χ0v) is 11.9. The Labute approximate surface area is 108 Å². The SMILES string of the molecule is COC(=O)C(C)CSc1ccc(Br)c(C)n1. The minimum atomic E-state index is -0.179. The molecule has 1 heterocycles. The summed E-state index contributed by atoms with van der Waals surface area (Å²) in [4.78, 5) is 15.6. The molecule has 1 rings (SSSR count). The lowest BCUT2D eigenvalue weighted by atomic mass is 10.2. The highest BCUT2D eigenvalue weighted by Gasteiger charge is 2.13. The molecular formula is C11H14BrNO2S. The number of ether oxygens (including phenoxy) is 1. The third-order valence-corrected chi connectivity index (χ3v) is 4.11. The van der Waals surface area contributed by atoms with Crippen LogP contribution in [0.5, 0.6) is 0 Å². The molecule has 5 heteroatoms. The van der Waals surface area contributed by atoms with Gasteiger partial charge in [0.05, 0.1) is 23.7 Å². The lowest BCUT2D eigenvalue weighted by Gasteiger charge is -2.08. The van der Waals surface area contributed by atoms with Crippen LogP contribution in [0.1, 0.15) is 12.6 Å². The summed E-state index contributed by atoms with van der Waals surface area (Å²) in [5, 5.41) is 0.927. The molecule has 1 aromatic rings. The van der Waals surface area contributed by atoms with Crippen molar-refractivity contribution in [3.05, 3.63) is 22.3 Å². The first-order valence-corrected chi connectivity index (χ1v) is 6.66. The first-order valence-electron chi connectivity index (χ1n) is 4.88. The van der Waals surface area contributed by atoms with Crippen LogP contribution in [0.3, 0.4) is 0 Å². The van der Waals surface area contributed by atoms with Crippen LogP contribution < -0.4 is 0 Å². The Balaban J connectivity index is 2.55. The normalized spacial score (nSPS) is 12.2. The van der Waals surface area contributed by atoms with Crippen LogP contribution in [0.4, 0.5) is 0 Å². The van der Waals surface area contributed by atoms with Crippen molar-refractivity contribution in [2.75, 3.05) is 12.9 Å². The van der Waals surface area contributed by atoms with Crippen LogP contribution in [0.15, 0.2) is 21.6 Å². The number of aromatic nitrogens is 1. The van der Waals surface area contributed by atoms with E-state index in [1.807, 2.05) is 26.0 Å². The molecule has 0 saturated heterocycles. The predicted octanol–water partition coefficient (Wildman–Crippen LogP) is 3.05. The molecule has 0 spiro atoms. The number of aryl methyl sites for hydroxylation is 1. The number of carbonyl (C=O) groups excluding carboxylic acids is 1. The number of rotatable bonds is 4. The molecule has 3 nitrogen and oxygen atoms in total. The number of hydrogen-bond donors (Lipinski definition) is 0. The minimum absolute atomic E-state index is 0.110. The largest absolute Gasteiger partial charge is 0.469 e. The number of carbonyl (C=O) groups is 1. The van der Waals surface area contributed by atoms with Crippen molar-refractivity contribution in [2.45, 2.75) is 18.9 Å². The van der Waals surface area contributed by atoms with Gasteiger partial charge in [-0.25, -0.2) is 4.98 Å². The van der Waals surface area contributed by atoms with Crippen LogP contribution in [-0.4, -0.2) is 23.8 Å². The molecule has 1 atom stereocenters. The molecule has 0 aliphatic rings. The number of methoxy groups -OCH3 is 1. The van der Waals surface area contributed by atoms with E-state index in [2.05, 4.69) is 25.7 Å². The third-order valence-electron chi connectivity index (χ3n) is 2.08. The molecule has 0 aliphatic heterocycles. The summed E-state index contributed by atoms with van der Waals surface area (Å²) in [5.41, 5.74) is 0.954. The summed E-state index contributed by atoms with van der Waals surface area (Å²) < 4.78 is 5.66. The van der Waals surface area contributed by atoms with Gasteiger partial charge in [0.15, 0.2) is 0 Å². The van der Waals surface area contributed by atoms with E-state index in [9.17, 15) is 4.79 Å². The van der Waals surface area contributed by atoms with Crippen LogP contribution in [-0.2, 0) is 9.53 Å². The molecule has 1 aromatic heterocycles. The molecule has 16 heavy (non-hydrogen) atoms. The molecule has 0 radical (unpaired) electrons. The first-order chi connectivity index (χ1) is 7.54. The molecule has 1 unspecified atom stereocenters. The Morgan fingerprint density at radius 1 is 1.62 bits per heavy atom. The van der Waals surface area contributed by atoms with Crippen molar-refractivity contribution >= 4 is 33.7 Å². The highest BCUT2D eigenvalue weighted by atomic mass is 79.9. The van der Waals surface area contributed by atoms with Gasteiger partial charge in [0.25, 0.3) is 0 Å². The van der Waals surface area contributed by atoms with E-state index in [0.29, 0.717) is 5.75 Å². The number of esters is 1. The van der Waals surface area contributed by atoms with Gasteiger partial charge in [-0.05, 0) is 35.0 Å². The van der Waals surface area contributed by atoms with Gasteiger partial charge in [-0.15, -0.1) is 11.8 Å². The van der Waals surface area contributed by atoms with Gasteiger partial charge in [-0.2, -0.15) is 0 Å². The summed E-state index contributed by atoms with van der Waals surface area (Å²) in [6, 6.07) is 3.90. The zero-order chi connectivity index (χ0) is 12.1. The maximum atomic E-state index is 11.2. The highest BCUT2D eigenvalue weighted by molar-refractivity contribution is 9.10. The molecule has 0 aromatic carbocycles. The van der Waals surface area contributed by atoms with Gasteiger partial charge in [0, 0.05) is 10.2 Å². The Morgan fingerprint density at radius 3 is 2.88 bits per heavy atom. The fourth-order valence-electron chi connectivity index (χ4n) is 1.08. The van der Waals surface area contributed by atoms with E-state index in [1.54, 1.807) is 11.8 Å². The molecule has 88 valence electrons. The van der Waals surface area contributed by atoms with Crippen LogP contribution >= 0.6 is 27.7 Å². The average Bonchev–Trinajstić information content (AvgIpc) is 2.29. The van der Waals surface area contributed by atoms with Crippen molar-refractivity contribution in [1.82, 2.24) is 4.98 Å². The van der Waals surface area contributed by atoms with Gasteiger partial charge in [-0.3, -0.25) is 4.79 Å². The summed E-state index contributed by atoms with van der Waals surface area (Å²) in [6.07, 6.45) is 0. The Morgan fingerprint density at radius 2 is 2.31 bits per heavy atom. The van der Waals surface area contributed by atoms with Crippen molar-refractivity contribution < 1.29 is 9.53 Å². The standard InChI is InChI=1S/C11H14BrNO2S/c1-7(11(14)15-3)6-16-10-5-4-9(12)8(2)13-10/h4-5,7H,6H2,1-3H3. The van der Waals surface area contributed by atoms with E-state index in [-0.39, 0.29) is 11.9 Å². The Hall–Kier alpha value is -0.550. The second-order valence-electron chi connectivity index (χ2n) is 3.45. The van der Waals surface area contributed by atoms with Crippen molar-refractivity contribution in [3.63, 3.8) is 0 Å². The van der Waals surface area contributed by atoms with Gasteiger partial charge in [0.2, 0.25) is 0 Å². The lowest BCUT2D eigenvalue weighted by Crippen LogP contribution is -2.14. The molecule has 0 aliphatic carbocycles. The van der Waals surface area contributed by atoms with Crippen LogP contribution in [0.2, 0.25) is 0 Å². The van der Waals surface area contributed by atoms with E-state index < -0.39 is 0 Å². The predicted molar refractivity (Wildman–Crippen MR) is 68.6 cm³/mol. The van der Waals surface area contributed by atoms with Crippen molar-refractivity contribution in [3.8, 4) is 0 Å². The average molecular weight is 304 g/mol. The van der Waals surface area contributed by atoms with E-state index >= 15 is 0 Å². The van der Waals surface area contributed by atoms with Crippen LogP contribution in [0.25, 0.3) is 0 Å². The molecule has 0 amide bonds. The van der Waals surface area contributed by atoms with Crippen LogP contribution in [0, 0.1) is 12.8 Å². The van der Waals surface area contributed by atoms with Gasteiger partial charge in [0.1, 0.15) is 0 Å². The fourth-order valence-corrected chi connectivity index (χ4v) is 2.22. The molecule has 0 bridgehead atoms. The topological polar surface area (TPSA) is 39.2 Å². The van der Waals surface area contributed by atoms with Gasteiger partial charge < -0.3 is 4.74 Å².